The molecule has 2 atom stereocenters. The molecule has 1 saturated carbocycles. The Morgan fingerprint density at radius 3 is 2.53 bits per heavy atom. The van der Waals surface area contributed by atoms with E-state index in [1.54, 1.807) is 6.92 Å². The van der Waals surface area contributed by atoms with E-state index in [0.717, 1.165) is 56.9 Å². The molecule has 1 heterocycles. The van der Waals surface area contributed by atoms with Crippen LogP contribution >= 0.6 is 11.3 Å². The van der Waals surface area contributed by atoms with Crippen LogP contribution in [0, 0.1) is 11.8 Å². The predicted octanol–water partition coefficient (Wildman–Crippen LogP) is 4.76. The molecule has 0 aromatic carbocycles. The van der Waals surface area contributed by atoms with E-state index in [-0.39, 0.29) is 36.6 Å². The normalized spacial score (nSPS) is 20.3. The van der Waals surface area contributed by atoms with Crippen LogP contribution in [0.25, 0.3) is 0 Å². The molecule has 0 bridgehead atoms. The molecule has 166 valence electrons. The van der Waals surface area contributed by atoms with Crippen molar-refractivity contribution in [1.82, 2.24) is 5.32 Å². The maximum atomic E-state index is 13.2. The van der Waals surface area contributed by atoms with Gasteiger partial charge in [0, 0.05) is 23.8 Å². The topological polar surface area (TPSA) is 95.5 Å². The first-order chi connectivity index (χ1) is 14.4. The van der Waals surface area contributed by atoms with Gasteiger partial charge in [-0.3, -0.25) is 14.4 Å². The first-order valence-corrected chi connectivity index (χ1v) is 12.2. The number of thiophene rings is 1. The SMILES string of the molecule is CC[C@@H]1CCc2c(sc(NC(=O)C[C@H](C)CC(=O)O)c2C(=O)NC2CCCCC2)C1. The van der Waals surface area contributed by atoms with Crippen molar-refractivity contribution in [2.24, 2.45) is 11.8 Å². The van der Waals surface area contributed by atoms with E-state index in [9.17, 15) is 14.4 Å². The molecule has 3 N–H and O–H groups in total. The molecule has 0 radical (unpaired) electrons. The quantitative estimate of drug-likeness (QED) is 0.549. The smallest absolute Gasteiger partial charge is 0.303 e. The largest absolute Gasteiger partial charge is 0.481 e. The lowest BCUT2D eigenvalue weighted by molar-refractivity contribution is -0.138. The molecule has 0 spiro atoms. The van der Waals surface area contributed by atoms with Crippen molar-refractivity contribution < 1.29 is 19.5 Å². The fraction of sp³-hybridized carbons (Fsp3) is 0.696. The van der Waals surface area contributed by atoms with Crippen LogP contribution in [0.15, 0.2) is 0 Å². The summed E-state index contributed by atoms with van der Waals surface area (Å²) in [7, 11) is 0. The molecule has 30 heavy (non-hydrogen) atoms. The molecule has 0 unspecified atom stereocenters. The van der Waals surface area contributed by atoms with Gasteiger partial charge in [0.05, 0.1) is 5.56 Å². The van der Waals surface area contributed by atoms with Gasteiger partial charge >= 0.3 is 5.97 Å². The number of carboxylic acids is 1. The van der Waals surface area contributed by atoms with Gasteiger partial charge in [0.25, 0.3) is 5.91 Å². The number of anilines is 1. The second kappa shape index (κ2) is 10.4. The summed E-state index contributed by atoms with van der Waals surface area (Å²) in [5.74, 6) is -0.810. The highest BCUT2D eigenvalue weighted by Crippen LogP contribution is 2.40. The molecule has 2 aliphatic carbocycles. The van der Waals surface area contributed by atoms with E-state index in [0.29, 0.717) is 16.5 Å². The highest BCUT2D eigenvalue weighted by Gasteiger charge is 2.30. The maximum absolute atomic E-state index is 13.2. The van der Waals surface area contributed by atoms with Crippen molar-refractivity contribution >= 4 is 34.1 Å². The Hall–Kier alpha value is -1.89. The van der Waals surface area contributed by atoms with Crippen LogP contribution in [-0.4, -0.2) is 28.9 Å². The Morgan fingerprint density at radius 2 is 1.87 bits per heavy atom. The molecule has 0 aliphatic heterocycles. The second-order valence-corrected chi connectivity index (χ2v) is 10.1. The molecule has 6 nitrogen and oxygen atoms in total. The Bertz CT molecular complexity index is 782. The summed E-state index contributed by atoms with van der Waals surface area (Å²) in [6.45, 7) is 3.96. The number of carbonyl (C=O) groups excluding carboxylic acids is 2. The minimum atomic E-state index is -0.903. The van der Waals surface area contributed by atoms with Crippen molar-refractivity contribution in [3.05, 3.63) is 16.0 Å². The molecule has 0 saturated heterocycles. The van der Waals surface area contributed by atoms with E-state index in [1.165, 1.54) is 22.6 Å². The lowest BCUT2D eigenvalue weighted by Crippen LogP contribution is -2.37. The first-order valence-electron chi connectivity index (χ1n) is 11.3. The van der Waals surface area contributed by atoms with Gasteiger partial charge in [0.2, 0.25) is 5.91 Å². The van der Waals surface area contributed by atoms with Gasteiger partial charge < -0.3 is 15.7 Å². The number of nitrogens with one attached hydrogen (secondary N) is 2. The van der Waals surface area contributed by atoms with E-state index in [1.807, 2.05) is 0 Å². The minimum Gasteiger partial charge on any atom is -0.481 e. The third-order valence-electron chi connectivity index (χ3n) is 6.42. The Kier molecular flexibility index (Phi) is 7.92. The average Bonchev–Trinajstić information content (AvgIpc) is 3.04. The number of rotatable bonds is 8. The van der Waals surface area contributed by atoms with Crippen molar-refractivity contribution in [3.8, 4) is 0 Å². The lowest BCUT2D eigenvalue weighted by Gasteiger charge is -2.24. The van der Waals surface area contributed by atoms with E-state index >= 15 is 0 Å². The molecule has 1 aromatic heterocycles. The summed E-state index contributed by atoms with van der Waals surface area (Å²) in [6, 6.07) is 0.216. The third-order valence-corrected chi connectivity index (χ3v) is 7.59. The van der Waals surface area contributed by atoms with Gasteiger partial charge in [-0.1, -0.05) is 39.5 Å². The van der Waals surface area contributed by atoms with Crippen LogP contribution in [-0.2, 0) is 22.4 Å². The summed E-state index contributed by atoms with van der Waals surface area (Å²) in [4.78, 5) is 37.9. The number of aliphatic carboxylic acids is 1. The molecule has 2 amide bonds. The predicted molar refractivity (Wildman–Crippen MR) is 119 cm³/mol. The fourth-order valence-electron chi connectivity index (χ4n) is 4.70. The molecular formula is C23H34N2O4S. The Balaban J connectivity index is 1.78. The summed E-state index contributed by atoms with van der Waals surface area (Å²) in [6.07, 6.45) is 9.70. The van der Waals surface area contributed by atoms with Crippen LogP contribution < -0.4 is 10.6 Å². The molecule has 3 rings (SSSR count). The Morgan fingerprint density at radius 1 is 1.13 bits per heavy atom. The molecule has 1 fully saturated rings. The maximum Gasteiger partial charge on any atom is 0.303 e. The van der Waals surface area contributed by atoms with Crippen LogP contribution in [0.4, 0.5) is 5.00 Å². The van der Waals surface area contributed by atoms with Gasteiger partial charge in [0.1, 0.15) is 5.00 Å². The first kappa shape index (κ1) is 22.8. The van der Waals surface area contributed by atoms with Crippen LogP contribution in [0.5, 0.6) is 0 Å². The summed E-state index contributed by atoms with van der Waals surface area (Å²) < 4.78 is 0. The van der Waals surface area contributed by atoms with Crippen LogP contribution in [0.1, 0.15) is 92.4 Å². The number of fused-ring (bicyclic) bond motifs is 1. The average molecular weight is 435 g/mol. The van der Waals surface area contributed by atoms with E-state index < -0.39 is 5.97 Å². The van der Waals surface area contributed by atoms with Crippen molar-refractivity contribution in [2.45, 2.75) is 90.5 Å². The zero-order valence-corrected chi connectivity index (χ0v) is 18.9. The summed E-state index contributed by atoms with van der Waals surface area (Å²) in [5.41, 5.74) is 1.75. The zero-order chi connectivity index (χ0) is 21.7. The standard InChI is InChI=1S/C23H34N2O4S/c1-3-15-9-10-17-18(13-15)30-23(25-19(26)11-14(2)12-20(27)28)21(17)22(29)24-16-7-5-4-6-8-16/h14-16H,3-13H2,1-2H3,(H,24,29)(H,25,26)(H,27,28)/t14-,15+/m0/s1. The van der Waals surface area contributed by atoms with Gasteiger partial charge in [0.15, 0.2) is 0 Å². The van der Waals surface area contributed by atoms with Crippen molar-refractivity contribution in [1.29, 1.82) is 0 Å². The molecule has 1 aromatic rings. The monoisotopic (exact) mass is 434 g/mol. The van der Waals surface area contributed by atoms with E-state index in [4.69, 9.17) is 5.11 Å². The lowest BCUT2D eigenvalue weighted by atomic mass is 9.85. The molecule has 2 aliphatic rings. The summed E-state index contributed by atoms with van der Waals surface area (Å²) >= 11 is 1.53. The highest BCUT2D eigenvalue weighted by molar-refractivity contribution is 7.17. The third kappa shape index (κ3) is 5.84. The van der Waals surface area contributed by atoms with Crippen molar-refractivity contribution in [3.63, 3.8) is 0 Å². The van der Waals surface area contributed by atoms with Gasteiger partial charge in [-0.15, -0.1) is 11.3 Å². The molecular weight excluding hydrogens is 400 g/mol. The highest BCUT2D eigenvalue weighted by atomic mass is 32.1. The zero-order valence-electron chi connectivity index (χ0n) is 18.1. The van der Waals surface area contributed by atoms with Crippen LogP contribution in [0.3, 0.4) is 0 Å². The molecule has 7 heteroatoms. The van der Waals surface area contributed by atoms with E-state index in [2.05, 4.69) is 17.6 Å². The number of hydrogen-bond acceptors (Lipinski definition) is 4. The number of hydrogen-bond donors (Lipinski definition) is 3. The van der Waals surface area contributed by atoms with Gasteiger partial charge in [-0.25, -0.2) is 0 Å². The fourth-order valence-corrected chi connectivity index (χ4v) is 6.08. The Labute approximate surface area is 182 Å². The van der Waals surface area contributed by atoms with Gasteiger partial charge in [-0.2, -0.15) is 0 Å². The number of amides is 2. The number of carboxylic acid groups (broad SMARTS) is 1. The second-order valence-electron chi connectivity index (χ2n) is 8.99. The number of carbonyl (C=O) groups is 3. The van der Waals surface area contributed by atoms with Gasteiger partial charge in [-0.05, 0) is 49.5 Å². The minimum absolute atomic E-state index is 0.0401. The van der Waals surface area contributed by atoms with Crippen LogP contribution in [0.2, 0.25) is 0 Å². The summed E-state index contributed by atoms with van der Waals surface area (Å²) in [5, 5.41) is 15.7. The van der Waals surface area contributed by atoms with Crippen molar-refractivity contribution in [2.75, 3.05) is 5.32 Å².